The minimum Gasteiger partial charge on any atom is -0.508 e. The van der Waals surface area contributed by atoms with Gasteiger partial charge in [-0.15, -0.1) is 0 Å². The number of rotatable bonds is 3. The van der Waals surface area contributed by atoms with E-state index in [2.05, 4.69) is 14.9 Å². The molecule has 0 bridgehead atoms. The van der Waals surface area contributed by atoms with E-state index in [4.69, 9.17) is 0 Å². The summed E-state index contributed by atoms with van der Waals surface area (Å²) < 4.78 is 0. The van der Waals surface area contributed by atoms with Crippen molar-refractivity contribution >= 4 is 0 Å². The number of aromatic nitrogens is 2. The molecule has 2 N–H and O–H groups in total. The third kappa shape index (κ3) is 3.68. The maximum atomic E-state index is 10.2. The molecule has 3 rings (SSSR count). The van der Waals surface area contributed by atoms with Gasteiger partial charge in [-0.05, 0) is 51.4 Å². The monoisotopic (exact) mass is 313 g/mol. The lowest BCUT2D eigenvalue weighted by atomic mass is 10.0. The van der Waals surface area contributed by atoms with E-state index in [0.29, 0.717) is 13.1 Å². The van der Waals surface area contributed by atoms with Crippen LogP contribution in [0.3, 0.4) is 0 Å². The Bertz CT molecular complexity index is 703. The summed E-state index contributed by atoms with van der Waals surface area (Å²) in [5.41, 5.74) is 4.42. The molecular weight excluding hydrogens is 290 g/mol. The van der Waals surface area contributed by atoms with Crippen molar-refractivity contribution in [1.29, 1.82) is 0 Å². The topological polar surface area (TPSA) is 69.5 Å². The standard InChI is InChI=1S/C18H23N3O2/c1-12-9-19-13(2)18(20-12)14-5-6-17(23)15(8-14)10-21-7-3-4-16(22)11-21/h5-6,8-9,16,22-23H,3-4,7,10-11H2,1-2H3. The summed E-state index contributed by atoms with van der Waals surface area (Å²) in [7, 11) is 0. The third-order valence-electron chi connectivity index (χ3n) is 4.30. The van der Waals surface area contributed by atoms with Crippen LogP contribution in [0.15, 0.2) is 24.4 Å². The quantitative estimate of drug-likeness (QED) is 0.911. The summed E-state index contributed by atoms with van der Waals surface area (Å²) in [5.74, 6) is 0.284. The van der Waals surface area contributed by atoms with Gasteiger partial charge < -0.3 is 10.2 Å². The molecule has 0 radical (unpaired) electrons. The Labute approximate surface area is 136 Å². The van der Waals surface area contributed by atoms with Gasteiger partial charge in [-0.1, -0.05) is 0 Å². The highest BCUT2D eigenvalue weighted by atomic mass is 16.3. The van der Waals surface area contributed by atoms with Gasteiger partial charge in [-0.2, -0.15) is 0 Å². The molecule has 1 aromatic carbocycles. The first kappa shape index (κ1) is 15.9. The number of nitrogens with zero attached hydrogens (tertiary/aromatic N) is 3. The Balaban J connectivity index is 1.88. The number of benzene rings is 1. The Morgan fingerprint density at radius 3 is 2.91 bits per heavy atom. The van der Waals surface area contributed by atoms with E-state index in [0.717, 1.165) is 47.6 Å². The summed E-state index contributed by atoms with van der Waals surface area (Å²) in [5, 5.41) is 20.0. The van der Waals surface area contributed by atoms with Crippen LogP contribution in [0.4, 0.5) is 0 Å². The van der Waals surface area contributed by atoms with Gasteiger partial charge >= 0.3 is 0 Å². The summed E-state index contributed by atoms with van der Waals surface area (Å²) in [6, 6.07) is 5.57. The van der Waals surface area contributed by atoms with Crippen LogP contribution in [-0.2, 0) is 6.54 Å². The highest BCUT2D eigenvalue weighted by molar-refractivity contribution is 5.64. The van der Waals surface area contributed by atoms with E-state index in [1.54, 1.807) is 12.3 Å². The number of aromatic hydroxyl groups is 1. The van der Waals surface area contributed by atoms with Crippen LogP contribution >= 0.6 is 0 Å². The first-order valence-electron chi connectivity index (χ1n) is 8.06. The Morgan fingerprint density at radius 2 is 2.13 bits per heavy atom. The lowest BCUT2D eigenvalue weighted by molar-refractivity contribution is 0.0664. The van der Waals surface area contributed by atoms with Crippen molar-refractivity contribution in [2.45, 2.75) is 39.3 Å². The number of β-amino-alcohol motifs (C(OH)–C–C–N with tert-alkyl or cyclic N) is 1. The molecule has 0 amide bonds. The number of aryl methyl sites for hydroxylation is 2. The first-order valence-corrected chi connectivity index (χ1v) is 8.06. The molecule has 5 nitrogen and oxygen atoms in total. The molecule has 0 saturated carbocycles. The fourth-order valence-electron chi connectivity index (χ4n) is 3.09. The second-order valence-corrected chi connectivity index (χ2v) is 6.32. The highest BCUT2D eigenvalue weighted by Crippen LogP contribution is 2.28. The molecule has 1 aromatic heterocycles. The lowest BCUT2D eigenvalue weighted by Crippen LogP contribution is -2.37. The molecule has 1 aliphatic heterocycles. The summed E-state index contributed by atoms with van der Waals surface area (Å²) in [6.07, 6.45) is 3.35. The number of aliphatic hydroxyl groups excluding tert-OH is 1. The SMILES string of the molecule is Cc1cnc(C)c(-c2ccc(O)c(CN3CCCC(O)C3)c2)n1. The van der Waals surface area contributed by atoms with Gasteiger partial charge in [0.1, 0.15) is 5.75 Å². The molecule has 1 saturated heterocycles. The number of piperidine rings is 1. The second-order valence-electron chi connectivity index (χ2n) is 6.32. The molecule has 1 fully saturated rings. The van der Waals surface area contributed by atoms with Crippen LogP contribution in [0.5, 0.6) is 5.75 Å². The van der Waals surface area contributed by atoms with Crippen LogP contribution in [-0.4, -0.2) is 44.3 Å². The average Bonchev–Trinajstić information content (AvgIpc) is 2.52. The molecule has 2 heterocycles. The van der Waals surface area contributed by atoms with E-state index >= 15 is 0 Å². The summed E-state index contributed by atoms with van der Waals surface area (Å²) in [4.78, 5) is 11.1. The predicted octanol–water partition coefficient (Wildman–Crippen LogP) is 2.42. The van der Waals surface area contributed by atoms with Crippen molar-refractivity contribution in [2.24, 2.45) is 0 Å². The van der Waals surface area contributed by atoms with Crippen molar-refractivity contribution < 1.29 is 10.2 Å². The zero-order valence-electron chi connectivity index (χ0n) is 13.7. The number of phenols is 1. The van der Waals surface area contributed by atoms with Gasteiger partial charge in [0, 0.05) is 30.4 Å². The van der Waals surface area contributed by atoms with Gasteiger partial charge in [0.05, 0.1) is 23.2 Å². The molecular formula is C18H23N3O2. The van der Waals surface area contributed by atoms with Crippen molar-refractivity contribution in [3.63, 3.8) is 0 Å². The fourth-order valence-corrected chi connectivity index (χ4v) is 3.09. The Morgan fingerprint density at radius 1 is 1.30 bits per heavy atom. The number of likely N-dealkylation sites (tertiary alicyclic amines) is 1. The average molecular weight is 313 g/mol. The molecule has 122 valence electrons. The smallest absolute Gasteiger partial charge is 0.120 e. The van der Waals surface area contributed by atoms with E-state index < -0.39 is 0 Å². The fraction of sp³-hybridized carbons (Fsp3) is 0.444. The van der Waals surface area contributed by atoms with Crippen LogP contribution in [0.2, 0.25) is 0 Å². The third-order valence-corrected chi connectivity index (χ3v) is 4.30. The zero-order chi connectivity index (χ0) is 16.4. The van der Waals surface area contributed by atoms with Crippen LogP contribution in [0.1, 0.15) is 29.8 Å². The molecule has 1 unspecified atom stereocenters. The molecule has 2 aromatic rings. The van der Waals surface area contributed by atoms with E-state index in [1.165, 1.54) is 0 Å². The minimum atomic E-state index is -0.265. The summed E-state index contributed by atoms with van der Waals surface area (Å²) in [6.45, 7) is 6.10. The maximum Gasteiger partial charge on any atom is 0.120 e. The molecule has 1 atom stereocenters. The van der Waals surface area contributed by atoms with Gasteiger partial charge in [0.2, 0.25) is 0 Å². The molecule has 0 aliphatic carbocycles. The van der Waals surface area contributed by atoms with Crippen LogP contribution in [0.25, 0.3) is 11.3 Å². The van der Waals surface area contributed by atoms with E-state index in [1.807, 2.05) is 26.0 Å². The first-order chi connectivity index (χ1) is 11.0. The predicted molar refractivity (Wildman–Crippen MR) is 89.1 cm³/mol. The molecule has 1 aliphatic rings. The van der Waals surface area contributed by atoms with E-state index in [-0.39, 0.29) is 11.9 Å². The number of phenolic OH excluding ortho intramolecular Hbond substituents is 1. The Kier molecular flexibility index (Phi) is 4.59. The van der Waals surface area contributed by atoms with Crippen molar-refractivity contribution in [1.82, 2.24) is 14.9 Å². The number of aliphatic hydroxyl groups is 1. The second kappa shape index (κ2) is 6.64. The number of hydrogen-bond acceptors (Lipinski definition) is 5. The van der Waals surface area contributed by atoms with Gasteiger partial charge in [0.25, 0.3) is 0 Å². The molecule has 23 heavy (non-hydrogen) atoms. The largest absolute Gasteiger partial charge is 0.508 e. The van der Waals surface area contributed by atoms with Crippen LogP contribution in [0, 0.1) is 13.8 Å². The van der Waals surface area contributed by atoms with E-state index in [9.17, 15) is 10.2 Å². The van der Waals surface area contributed by atoms with Crippen molar-refractivity contribution in [2.75, 3.05) is 13.1 Å². The number of hydrogen-bond donors (Lipinski definition) is 2. The van der Waals surface area contributed by atoms with Gasteiger partial charge in [-0.3, -0.25) is 9.88 Å². The molecule has 5 heteroatoms. The summed E-state index contributed by atoms with van der Waals surface area (Å²) >= 11 is 0. The van der Waals surface area contributed by atoms with Crippen LogP contribution < -0.4 is 0 Å². The van der Waals surface area contributed by atoms with Crippen molar-refractivity contribution in [3.8, 4) is 17.0 Å². The van der Waals surface area contributed by atoms with Gasteiger partial charge in [-0.25, -0.2) is 4.98 Å². The van der Waals surface area contributed by atoms with Crippen molar-refractivity contribution in [3.05, 3.63) is 41.3 Å². The minimum absolute atomic E-state index is 0.265. The molecule has 0 spiro atoms. The Hall–Kier alpha value is -1.98. The lowest BCUT2D eigenvalue weighted by Gasteiger charge is -2.30. The highest BCUT2D eigenvalue weighted by Gasteiger charge is 2.19. The zero-order valence-corrected chi connectivity index (χ0v) is 13.7. The maximum absolute atomic E-state index is 10.2. The van der Waals surface area contributed by atoms with Gasteiger partial charge in [0.15, 0.2) is 0 Å². The normalized spacial score (nSPS) is 19.0.